The van der Waals surface area contributed by atoms with Gasteiger partial charge in [0, 0.05) is 14.9 Å². The highest BCUT2D eigenvalue weighted by Gasteiger charge is 2.14. The van der Waals surface area contributed by atoms with Gasteiger partial charge in [-0.2, -0.15) is 0 Å². The number of carbonyl (C=O) groups is 2. The van der Waals surface area contributed by atoms with Crippen molar-refractivity contribution in [2.45, 2.75) is 31.2 Å². The van der Waals surface area contributed by atoms with E-state index in [-0.39, 0.29) is 22.8 Å². The van der Waals surface area contributed by atoms with Crippen molar-refractivity contribution in [3.05, 3.63) is 28.2 Å². The Labute approximate surface area is 125 Å². The Balaban J connectivity index is 2.66. The highest BCUT2D eigenvalue weighted by Crippen LogP contribution is 2.25. The van der Waals surface area contributed by atoms with E-state index in [9.17, 15) is 9.59 Å². The third-order valence-electron chi connectivity index (χ3n) is 2.05. The summed E-state index contributed by atoms with van der Waals surface area (Å²) < 4.78 is 0.531. The van der Waals surface area contributed by atoms with E-state index in [4.69, 9.17) is 5.11 Å². The van der Waals surface area contributed by atoms with E-state index < -0.39 is 5.97 Å². The van der Waals surface area contributed by atoms with Crippen molar-refractivity contribution in [2.75, 3.05) is 5.75 Å². The Kier molecular flexibility index (Phi) is 5.43. The lowest BCUT2D eigenvalue weighted by molar-refractivity contribution is -0.119. The molecular formula is C13H16BrNO3S. The van der Waals surface area contributed by atoms with E-state index in [0.717, 1.165) is 4.90 Å². The van der Waals surface area contributed by atoms with Gasteiger partial charge in [0.05, 0.1) is 11.3 Å². The van der Waals surface area contributed by atoms with Gasteiger partial charge in [-0.05, 0) is 54.9 Å². The van der Waals surface area contributed by atoms with Gasteiger partial charge in [0.15, 0.2) is 0 Å². The molecule has 0 unspecified atom stereocenters. The molecule has 0 atom stereocenters. The van der Waals surface area contributed by atoms with Crippen LogP contribution in [-0.4, -0.2) is 28.3 Å². The van der Waals surface area contributed by atoms with Crippen molar-refractivity contribution in [3.8, 4) is 0 Å². The molecule has 0 saturated carbocycles. The Morgan fingerprint density at radius 1 is 1.37 bits per heavy atom. The number of carboxylic acid groups (broad SMARTS) is 1. The molecule has 0 aliphatic carbocycles. The molecule has 1 amide bonds. The number of rotatable bonds is 4. The van der Waals surface area contributed by atoms with Crippen molar-refractivity contribution in [1.29, 1.82) is 0 Å². The molecule has 4 nitrogen and oxygen atoms in total. The van der Waals surface area contributed by atoms with Crippen LogP contribution in [0, 0.1) is 0 Å². The standard InChI is InChI=1S/C13H16BrNO3S/c1-13(2,3)15-11(16)7-19-8-4-5-10(14)9(6-8)12(17)18/h4-6H,7H2,1-3H3,(H,15,16)(H,17,18). The number of hydrogen-bond donors (Lipinski definition) is 2. The molecule has 0 aliphatic heterocycles. The number of amides is 1. The van der Waals surface area contributed by atoms with E-state index in [1.54, 1.807) is 18.2 Å². The van der Waals surface area contributed by atoms with E-state index in [2.05, 4.69) is 21.2 Å². The van der Waals surface area contributed by atoms with Gasteiger partial charge in [-0.3, -0.25) is 4.79 Å². The van der Waals surface area contributed by atoms with Crippen molar-refractivity contribution in [3.63, 3.8) is 0 Å². The van der Waals surface area contributed by atoms with Crippen LogP contribution in [-0.2, 0) is 4.79 Å². The third kappa shape index (κ3) is 5.65. The molecule has 1 rings (SSSR count). The monoisotopic (exact) mass is 345 g/mol. The van der Waals surface area contributed by atoms with E-state index in [0.29, 0.717) is 4.47 Å². The van der Waals surface area contributed by atoms with Crippen LogP contribution in [0.3, 0.4) is 0 Å². The lowest BCUT2D eigenvalue weighted by Crippen LogP contribution is -2.41. The number of halogens is 1. The van der Waals surface area contributed by atoms with Gasteiger partial charge in [-0.1, -0.05) is 0 Å². The second kappa shape index (κ2) is 6.43. The summed E-state index contributed by atoms with van der Waals surface area (Å²) in [5, 5.41) is 11.9. The summed E-state index contributed by atoms with van der Waals surface area (Å²) in [5.41, 5.74) is -0.0648. The smallest absolute Gasteiger partial charge is 0.336 e. The number of benzene rings is 1. The van der Waals surface area contributed by atoms with Crippen LogP contribution >= 0.6 is 27.7 Å². The number of thioether (sulfide) groups is 1. The van der Waals surface area contributed by atoms with E-state index in [1.807, 2.05) is 20.8 Å². The molecule has 0 bridgehead atoms. The first-order valence-electron chi connectivity index (χ1n) is 5.66. The van der Waals surface area contributed by atoms with Gasteiger partial charge < -0.3 is 10.4 Å². The Bertz CT molecular complexity index is 497. The molecule has 104 valence electrons. The fraction of sp³-hybridized carbons (Fsp3) is 0.385. The molecule has 0 radical (unpaired) electrons. The van der Waals surface area contributed by atoms with E-state index >= 15 is 0 Å². The zero-order chi connectivity index (χ0) is 14.6. The van der Waals surface area contributed by atoms with E-state index in [1.165, 1.54) is 11.8 Å². The minimum Gasteiger partial charge on any atom is -0.478 e. The Hall–Kier alpha value is -1.01. The molecule has 6 heteroatoms. The molecule has 0 fully saturated rings. The average molecular weight is 346 g/mol. The van der Waals surface area contributed by atoms with Gasteiger partial charge in [-0.25, -0.2) is 4.79 Å². The minimum absolute atomic E-state index is 0.0720. The summed E-state index contributed by atoms with van der Waals surface area (Å²) in [6.45, 7) is 5.74. The molecule has 0 heterocycles. The predicted octanol–water partition coefficient (Wildman–Crippen LogP) is 3.15. The number of aromatic carboxylic acids is 1. The van der Waals surface area contributed by atoms with Crippen molar-refractivity contribution in [2.24, 2.45) is 0 Å². The Morgan fingerprint density at radius 3 is 2.53 bits per heavy atom. The van der Waals surface area contributed by atoms with Crippen LogP contribution in [0.25, 0.3) is 0 Å². The van der Waals surface area contributed by atoms with Crippen molar-refractivity contribution >= 4 is 39.6 Å². The summed E-state index contributed by atoms with van der Waals surface area (Å²) in [6, 6.07) is 5.01. The SMILES string of the molecule is CC(C)(C)NC(=O)CSc1ccc(Br)c(C(=O)O)c1. The second-order valence-corrected chi connectivity index (χ2v) is 6.94. The van der Waals surface area contributed by atoms with Gasteiger partial charge in [0.25, 0.3) is 0 Å². The van der Waals surface area contributed by atoms with Gasteiger partial charge in [-0.15, -0.1) is 11.8 Å². The molecular weight excluding hydrogens is 330 g/mol. The zero-order valence-electron chi connectivity index (χ0n) is 11.0. The fourth-order valence-corrected chi connectivity index (χ4v) is 2.51. The quantitative estimate of drug-likeness (QED) is 0.822. The molecule has 0 aliphatic rings. The topological polar surface area (TPSA) is 66.4 Å². The van der Waals surface area contributed by atoms with Crippen molar-refractivity contribution in [1.82, 2.24) is 5.32 Å². The third-order valence-corrected chi connectivity index (χ3v) is 3.74. The maximum Gasteiger partial charge on any atom is 0.336 e. The lowest BCUT2D eigenvalue weighted by atomic mass is 10.1. The summed E-state index contributed by atoms with van der Waals surface area (Å²) in [7, 11) is 0. The maximum absolute atomic E-state index is 11.7. The average Bonchev–Trinajstić information content (AvgIpc) is 2.25. The predicted molar refractivity (Wildman–Crippen MR) is 79.7 cm³/mol. The van der Waals surface area contributed by atoms with Crippen LogP contribution in [0.4, 0.5) is 0 Å². The number of carboxylic acids is 1. The summed E-state index contributed by atoms with van der Waals surface area (Å²) >= 11 is 4.49. The molecule has 1 aromatic carbocycles. The largest absolute Gasteiger partial charge is 0.478 e. The first-order chi connectivity index (χ1) is 8.69. The van der Waals surface area contributed by atoms with Crippen LogP contribution in [0.1, 0.15) is 31.1 Å². The summed E-state index contributed by atoms with van der Waals surface area (Å²) in [4.78, 5) is 23.4. The summed E-state index contributed by atoms with van der Waals surface area (Å²) in [5.74, 6) is -0.802. The normalized spacial score (nSPS) is 11.2. The highest BCUT2D eigenvalue weighted by molar-refractivity contribution is 9.10. The highest BCUT2D eigenvalue weighted by atomic mass is 79.9. The molecule has 1 aromatic rings. The van der Waals surface area contributed by atoms with Gasteiger partial charge >= 0.3 is 5.97 Å². The number of hydrogen-bond acceptors (Lipinski definition) is 3. The maximum atomic E-state index is 11.7. The first kappa shape index (κ1) is 16.0. The molecule has 0 spiro atoms. The number of nitrogens with one attached hydrogen (secondary N) is 1. The molecule has 0 saturated heterocycles. The van der Waals surface area contributed by atoms with Crippen molar-refractivity contribution < 1.29 is 14.7 Å². The lowest BCUT2D eigenvalue weighted by Gasteiger charge is -2.20. The zero-order valence-corrected chi connectivity index (χ0v) is 13.4. The van der Waals surface area contributed by atoms with Gasteiger partial charge in [0.1, 0.15) is 0 Å². The molecule has 19 heavy (non-hydrogen) atoms. The van der Waals surface area contributed by atoms with Crippen LogP contribution in [0.5, 0.6) is 0 Å². The fourth-order valence-electron chi connectivity index (χ4n) is 1.36. The molecule has 0 aromatic heterocycles. The van der Waals surface area contributed by atoms with Crippen LogP contribution in [0.2, 0.25) is 0 Å². The molecule has 2 N–H and O–H groups in total. The summed E-state index contributed by atoms with van der Waals surface area (Å²) in [6.07, 6.45) is 0. The second-order valence-electron chi connectivity index (χ2n) is 5.03. The number of carbonyl (C=O) groups excluding carboxylic acids is 1. The minimum atomic E-state index is -0.992. The van der Waals surface area contributed by atoms with Crippen LogP contribution < -0.4 is 5.32 Å². The van der Waals surface area contributed by atoms with Crippen LogP contribution in [0.15, 0.2) is 27.6 Å². The first-order valence-corrected chi connectivity index (χ1v) is 7.43. The Morgan fingerprint density at radius 2 is 2.00 bits per heavy atom. The van der Waals surface area contributed by atoms with Gasteiger partial charge in [0.2, 0.25) is 5.91 Å².